The molecule has 6 heteroatoms. The average Bonchev–Trinajstić information content (AvgIpc) is 2.46. The molecule has 1 aromatic carbocycles. The number of nitro benzene ring substituents is 1. The second-order valence-electron chi connectivity index (χ2n) is 4.35. The molecule has 0 saturated carbocycles. The fourth-order valence-electron chi connectivity index (χ4n) is 1.64. The summed E-state index contributed by atoms with van der Waals surface area (Å²) < 4.78 is 5.42. The lowest BCUT2D eigenvalue weighted by molar-refractivity contribution is -0.385. The van der Waals surface area contributed by atoms with Gasteiger partial charge in [0.2, 0.25) is 0 Å². The number of ether oxygens (including phenoxy) is 1. The fraction of sp³-hybridized carbons (Fsp3) is 0.500. The standard InChI is InChI=1S/C14H19N3O3/c1-2-3-8-20-9-4-7-16-13-6-5-12(11-15)14(10-13)17(18)19/h5-6,10,16H,2-4,7-9H2,1H3. The highest BCUT2D eigenvalue weighted by Gasteiger charge is 2.13. The summed E-state index contributed by atoms with van der Waals surface area (Å²) in [6, 6.07) is 6.32. The number of unbranched alkanes of at least 4 members (excludes halogenated alkanes) is 1. The van der Waals surface area contributed by atoms with Crippen molar-refractivity contribution in [2.24, 2.45) is 0 Å². The van der Waals surface area contributed by atoms with Crippen LogP contribution in [0.4, 0.5) is 11.4 Å². The van der Waals surface area contributed by atoms with Gasteiger partial charge >= 0.3 is 0 Å². The Balaban J connectivity index is 2.39. The van der Waals surface area contributed by atoms with Gasteiger partial charge in [0, 0.05) is 31.5 Å². The van der Waals surface area contributed by atoms with Crippen molar-refractivity contribution >= 4 is 11.4 Å². The molecular formula is C14H19N3O3. The monoisotopic (exact) mass is 277 g/mol. The lowest BCUT2D eigenvalue weighted by atomic mass is 10.2. The smallest absolute Gasteiger partial charge is 0.289 e. The number of rotatable bonds is 9. The zero-order chi connectivity index (χ0) is 14.8. The maximum Gasteiger partial charge on any atom is 0.289 e. The summed E-state index contributed by atoms with van der Waals surface area (Å²) in [6.45, 7) is 4.24. The van der Waals surface area contributed by atoms with Crippen LogP contribution < -0.4 is 5.32 Å². The van der Waals surface area contributed by atoms with Crippen LogP contribution in [0.3, 0.4) is 0 Å². The number of nitriles is 1. The normalized spacial score (nSPS) is 10.0. The third-order valence-electron chi connectivity index (χ3n) is 2.75. The number of hydrogen-bond acceptors (Lipinski definition) is 5. The summed E-state index contributed by atoms with van der Waals surface area (Å²) >= 11 is 0. The highest BCUT2D eigenvalue weighted by Crippen LogP contribution is 2.22. The minimum atomic E-state index is -0.544. The van der Waals surface area contributed by atoms with Gasteiger partial charge in [-0.3, -0.25) is 10.1 Å². The number of hydrogen-bond donors (Lipinski definition) is 1. The van der Waals surface area contributed by atoms with E-state index in [0.29, 0.717) is 18.8 Å². The van der Waals surface area contributed by atoms with Crippen molar-refractivity contribution in [3.05, 3.63) is 33.9 Å². The first kappa shape index (κ1) is 15.9. The molecule has 0 aliphatic heterocycles. The van der Waals surface area contributed by atoms with Gasteiger partial charge in [-0.25, -0.2) is 0 Å². The highest BCUT2D eigenvalue weighted by atomic mass is 16.6. The molecule has 0 aliphatic carbocycles. The number of nitrogens with one attached hydrogen (secondary N) is 1. The lowest BCUT2D eigenvalue weighted by Crippen LogP contribution is -2.06. The molecule has 1 rings (SSSR count). The van der Waals surface area contributed by atoms with Gasteiger partial charge in [0.1, 0.15) is 11.6 Å². The third-order valence-corrected chi connectivity index (χ3v) is 2.75. The van der Waals surface area contributed by atoms with Crippen molar-refractivity contribution in [3.63, 3.8) is 0 Å². The van der Waals surface area contributed by atoms with Crippen LogP contribution in [0.15, 0.2) is 18.2 Å². The van der Waals surface area contributed by atoms with E-state index in [-0.39, 0.29) is 11.3 Å². The van der Waals surface area contributed by atoms with Crippen LogP contribution in [0.25, 0.3) is 0 Å². The van der Waals surface area contributed by atoms with Gasteiger partial charge in [0.25, 0.3) is 5.69 Å². The first-order valence-corrected chi connectivity index (χ1v) is 6.69. The minimum Gasteiger partial charge on any atom is -0.385 e. The van der Waals surface area contributed by atoms with E-state index in [1.165, 1.54) is 12.1 Å². The summed E-state index contributed by atoms with van der Waals surface area (Å²) in [4.78, 5) is 10.3. The summed E-state index contributed by atoms with van der Waals surface area (Å²) in [5, 5.41) is 22.7. The van der Waals surface area contributed by atoms with Gasteiger partial charge in [-0.2, -0.15) is 5.26 Å². The molecule has 1 aromatic rings. The first-order valence-electron chi connectivity index (χ1n) is 6.69. The van der Waals surface area contributed by atoms with Crippen LogP contribution in [-0.4, -0.2) is 24.7 Å². The van der Waals surface area contributed by atoms with Crippen LogP contribution in [0.5, 0.6) is 0 Å². The van der Waals surface area contributed by atoms with E-state index >= 15 is 0 Å². The number of nitrogens with zero attached hydrogens (tertiary/aromatic N) is 2. The molecule has 20 heavy (non-hydrogen) atoms. The Labute approximate surface area is 118 Å². The largest absolute Gasteiger partial charge is 0.385 e. The molecule has 1 N–H and O–H groups in total. The van der Waals surface area contributed by atoms with Crippen LogP contribution in [-0.2, 0) is 4.74 Å². The van der Waals surface area contributed by atoms with Crippen molar-refractivity contribution < 1.29 is 9.66 Å². The highest BCUT2D eigenvalue weighted by molar-refractivity contribution is 5.59. The Morgan fingerprint density at radius 3 is 2.80 bits per heavy atom. The van der Waals surface area contributed by atoms with Crippen molar-refractivity contribution in [1.29, 1.82) is 5.26 Å². The molecule has 0 fully saturated rings. The first-order chi connectivity index (χ1) is 9.69. The fourth-order valence-corrected chi connectivity index (χ4v) is 1.64. The van der Waals surface area contributed by atoms with Crippen molar-refractivity contribution in [3.8, 4) is 6.07 Å². The Morgan fingerprint density at radius 2 is 2.15 bits per heavy atom. The zero-order valence-electron chi connectivity index (χ0n) is 11.6. The van der Waals surface area contributed by atoms with E-state index in [4.69, 9.17) is 10.00 Å². The molecule has 0 aliphatic rings. The summed E-state index contributed by atoms with van der Waals surface area (Å²) in [7, 11) is 0. The van der Waals surface area contributed by atoms with Crippen LogP contribution in [0, 0.1) is 21.4 Å². The van der Waals surface area contributed by atoms with Crippen LogP contribution in [0.2, 0.25) is 0 Å². The second kappa shape index (κ2) is 8.88. The molecule has 0 radical (unpaired) electrons. The zero-order valence-corrected chi connectivity index (χ0v) is 11.6. The number of nitro groups is 1. The van der Waals surface area contributed by atoms with Gasteiger partial charge in [0.15, 0.2) is 0 Å². The predicted molar refractivity (Wildman–Crippen MR) is 76.6 cm³/mol. The van der Waals surface area contributed by atoms with E-state index in [2.05, 4.69) is 12.2 Å². The minimum absolute atomic E-state index is 0.0726. The van der Waals surface area contributed by atoms with E-state index in [1.807, 2.05) is 6.07 Å². The molecule has 0 atom stereocenters. The SMILES string of the molecule is CCCCOCCCNc1ccc(C#N)c([N+](=O)[O-])c1. The molecule has 0 heterocycles. The maximum absolute atomic E-state index is 10.8. The molecule has 0 aromatic heterocycles. The molecule has 108 valence electrons. The Kier molecular flexibility index (Phi) is 7.07. The number of anilines is 1. The van der Waals surface area contributed by atoms with Crippen molar-refractivity contribution in [2.45, 2.75) is 26.2 Å². The summed E-state index contributed by atoms with van der Waals surface area (Å²) in [5.74, 6) is 0. The summed E-state index contributed by atoms with van der Waals surface area (Å²) in [5.41, 5.74) is 0.546. The molecular weight excluding hydrogens is 258 g/mol. The average molecular weight is 277 g/mol. The Bertz CT molecular complexity index is 483. The van der Waals surface area contributed by atoms with Gasteiger partial charge in [-0.1, -0.05) is 13.3 Å². The van der Waals surface area contributed by atoms with E-state index in [1.54, 1.807) is 6.07 Å². The van der Waals surface area contributed by atoms with Crippen molar-refractivity contribution in [2.75, 3.05) is 25.1 Å². The summed E-state index contributed by atoms with van der Waals surface area (Å²) in [6.07, 6.45) is 3.01. The van der Waals surface area contributed by atoms with Gasteiger partial charge < -0.3 is 10.1 Å². The topological polar surface area (TPSA) is 88.2 Å². The Morgan fingerprint density at radius 1 is 1.40 bits per heavy atom. The van der Waals surface area contributed by atoms with E-state index in [0.717, 1.165) is 25.9 Å². The predicted octanol–water partition coefficient (Wildman–Crippen LogP) is 3.09. The second-order valence-corrected chi connectivity index (χ2v) is 4.35. The van der Waals surface area contributed by atoms with Crippen LogP contribution in [0.1, 0.15) is 31.7 Å². The molecule has 0 spiro atoms. The Hall–Kier alpha value is -2.13. The van der Waals surface area contributed by atoms with Crippen LogP contribution >= 0.6 is 0 Å². The molecule has 0 unspecified atom stereocenters. The number of benzene rings is 1. The third kappa shape index (κ3) is 5.24. The lowest BCUT2D eigenvalue weighted by Gasteiger charge is -2.07. The van der Waals surface area contributed by atoms with Gasteiger partial charge in [0.05, 0.1) is 4.92 Å². The van der Waals surface area contributed by atoms with E-state index < -0.39 is 4.92 Å². The molecule has 0 saturated heterocycles. The van der Waals surface area contributed by atoms with Gasteiger partial charge in [-0.15, -0.1) is 0 Å². The van der Waals surface area contributed by atoms with E-state index in [9.17, 15) is 10.1 Å². The van der Waals surface area contributed by atoms with Gasteiger partial charge in [-0.05, 0) is 25.0 Å². The quantitative estimate of drug-likeness (QED) is 0.425. The maximum atomic E-state index is 10.8. The molecule has 6 nitrogen and oxygen atoms in total. The molecule has 0 bridgehead atoms. The van der Waals surface area contributed by atoms with Crippen molar-refractivity contribution in [1.82, 2.24) is 0 Å². The molecule has 0 amide bonds.